The maximum Gasteiger partial charge on any atom is 0.311 e. The summed E-state index contributed by atoms with van der Waals surface area (Å²) in [5, 5.41) is 0. The van der Waals surface area contributed by atoms with Crippen molar-refractivity contribution in [3.05, 3.63) is 12.2 Å². The van der Waals surface area contributed by atoms with Crippen molar-refractivity contribution in [2.75, 3.05) is 20.3 Å². The number of cyclic esters (lactones) is 1. The molecule has 72 valence electrons. The first-order valence-corrected chi connectivity index (χ1v) is 4.20. The second-order valence-corrected chi connectivity index (χ2v) is 3.38. The monoisotopic (exact) mass is 184 g/mol. The van der Waals surface area contributed by atoms with E-state index in [9.17, 15) is 4.79 Å². The zero-order valence-corrected chi connectivity index (χ0v) is 7.54. The van der Waals surface area contributed by atoms with Gasteiger partial charge in [-0.3, -0.25) is 4.79 Å². The van der Waals surface area contributed by atoms with Gasteiger partial charge in [0.05, 0.1) is 12.5 Å². The Labute approximate surface area is 76.5 Å². The highest BCUT2D eigenvalue weighted by molar-refractivity contribution is 5.71. The third kappa shape index (κ3) is 1.17. The van der Waals surface area contributed by atoms with E-state index in [2.05, 4.69) is 6.58 Å². The topological polar surface area (TPSA) is 44.8 Å². The van der Waals surface area contributed by atoms with Crippen molar-refractivity contribution in [3.63, 3.8) is 0 Å². The van der Waals surface area contributed by atoms with Crippen LogP contribution in [0, 0.1) is 5.92 Å². The minimum absolute atomic E-state index is 0.00444. The lowest BCUT2D eigenvalue weighted by Gasteiger charge is -2.35. The number of ether oxygens (including phenoxy) is 3. The molecule has 0 saturated carbocycles. The second kappa shape index (κ2) is 2.82. The molecular formula is C9H12O4. The molecule has 2 aliphatic heterocycles. The van der Waals surface area contributed by atoms with Gasteiger partial charge >= 0.3 is 5.97 Å². The number of rotatable bonds is 1. The highest BCUT2D eigenvalue weighted by Crippen LogP contribution is 2.41. The first kappa shape index (κ1) is 8.72. The number of esters is 1. The Balaban J connectivity index is 2.26. The lowest BCUT2D eigenvalue weighted by atomic mass is 9.91. The minimum atomic E-state index is -0.799. The quantitative estimate of drug-likeness (QED) is 0.439. The number of hydrogen-bond donors (Lipinski definition) is 0. The summed E-state index contributed by atoms with van der Waals surface area (Å²) in [7, 11) is 1.55. The maximum absolute atomic E-state index is 11.1. The van der Waals surface area contributed by atoms with E-state index in [0.29, 0.717) is 13.2 Å². The first-order chi connectivity index (χ1) is 6.18. The molecule has 0 bridgehead atoms. The second-order valence-electron chi connectivity index (χ2n) is 3.38. The molecule has 2 aliphatic rings. The van der Waals surface area contributed by atoms with Crippen LogP contribution < -0.4 is 0 Å². The van der Waals surface area contributed by atoms with Gasteiger partial charge in [0.25, 0.3) is 0 Å². The largest absolute Gasteiger partial charge is 0.465 e. The summed E-state index contributed by atoms with van der Waals surface area (Å²) < 4.78 is 15.6. The van der Waals surface area contributed by atoms with E-state index in [0.717, 1.165) is 5.57 Å². The molecule has 13 heavy (non-hydrogen) atoms. The van der Waals surface area contributed by atoms with Gasteiger partial charge in [-0.05, 0) is 5.57 Å². The fourth-order valence-electron chi connectivity index (χ4n) is 1.85. The highest BCUT2D eigenvalue weighted by atomic mass is 16.7. The Morgan fingerprint density at radius 3 is 3.15 bits per heavy atom. The Morgan fingerprint density at radius 1 is 1.69 bits per heavy atom. The van der Waals surface area contributed by atoms with E-state index >= 15 is 0 Å². The lowest BCUT2D eigenvalue weighted by Crippen LogP contribution is -2.46. The highest BCUT2D eigenvalue weighted by Gasteiger charge is 2.52. The summed E-state index contributed by atoms with van der Waals surface area (Å²) in [6.45, 7) is 4.64. The Bertz CT molecular complexity index is 260. The summed E-state index contributed by atoms with van der Waals surface area (Å²) in [4.78, 5) is 11.1. The van der Waals surface area contributed by atoms with Crippen molar-refractivity contribution < 1.29 is 19.0 Å². The van der Waals surface area contributed by atoms with E-state index in [1.54, 1.807) is 7.11 Å². The average Bonchev–Trinajstić information content (AvgIpc) is 2.44. The van der Waals surface area contributed by atoms with Gasteiger partial charge < -0.3 is 14.2 Å². The summed E-state index contributed by atoms with van der Waals surface area (Å²) in [5.41, 5.74) is 0.939. The van der Waals surface area contributed by atoms with Crippen molar-refractivity contribution >= 4 is 5.97 Å². The number of hydrogen-bond acceptors (Lipinski definition) is 4. The van der Waals surface area contributed by atoms with Crippen LogP contribution in [0.2, 0.25) is 0 Å². The molecule has 0 aromatic heterocycles. The van der Waals surface area contributed by atoms with Gasteiger partial charge in [-0.1, -0.05) is 6.58 Å². The van der Waals surface area contributed by atoms with Crippen LogP contribution in [0.1, 0.15) is 6.42 Å². The predicted octanol–water partition coefficient (Wildman–Crippen LogP) is 0.479. The van der Waals surface area contributed by atoms with Gasteiger partial charge in [-0.25, -0.2) is 0 Å². The zero-order valence-electron chi connectivity index (χ0n) is 7.54. The molecule has 4 nitrogen and oxygen atoms in total. The Morgan fingerprint density at radius 2 is 2.46 bits per heavy atom. The van der Waals surface area contributed by atoms with Crippen LogP contribution in [0.3, 0.4) is 0 Å². The summed E-state index contributed by atoms with van der Waals surface area (Å²) in [6, 6.07) is 0. The van der Waals surface area contributed by atoms with Crippen molar-refractivity contribution in [1.29, 1.82) is 0 Å². The van der Waals surface area contributed by atoms with Crippen LogP contribution in [-0.4, -0.2) is 32.1 Å². The van der Waals surface area contributed by atoms with Crippen molar-refractivity contribution in [1.82, 2.24) is 0 Å². The van der Waals surface area contributed by atoms with Gasteiger partial charge in [-0.15, -0.1) is 0 Å². The normalized spacial score (nSPS) is 38.7. The molecule has 2 heterocycles. The van der Waals surface area contributed by atoms with Crippen molar-refractivity contribution in [2.24, 2.45) is 5.92 Å². The first-order valence-electron chi connectivity index (χ1n) is 4.20. The lowest BCUT2D eigenvalue weighted by molar-refractivity contribution is -0.243. The molecule has 0 N–H and O–H groups in total. The fraction of sp³-hybridized carbons (Fsp3) is 0.667. The minimum Gasteiger partial charge on any atom is -0.465 e. The van der Waals surface area contributed by atoms with Gasteiger partial charge in [0, 0.05) is 7.11 Å². The van der Waals surface area contributed by atoms with Gasteiger partial charge in [0.15, 0.2) is 5.79 Å². The van der Waals surface area contributed by atoms with Crippen molar-refractivity contribution in [2.45, 2.75) is 12.2 Å². The van der Waals surface area contributed by atoms with Crippen molar-refractivity contribution in [3.8, 4) is 0 Å². The zero-order chi connectivity index (χ0) is 9.47. The smallest absolute Gasteiger partial charge is 0.311 e. The van der Waals surface area contributed by atoms with Crippen LogP contribution in [0.25, 0.3) is 0 Å². The number of methoxy groups -OCH3 is 1. The van der Waals surface area contributed by atoms with Crippen LogP contribution in [0.5, 0.6) is 0 Å². The molecule has 2 fully saturated rings. The maximum atomic E-state index is 11.1. The van der Waals surface area contributed by atoms with Crippen LogP contribution >= 0.6 is 0 Å². The third-order valence-corrected chi connectivity index (χ3v) is 2.67. The van der Waals surface area contributed by atoms with Gasteiger partial charge in [0.2, 0.25) is 0 Å². The van der Waals surface area contributed by atoms with Crippen LogP contribution in [0.4, 0.5) is 0 Å². The average molecular weight is 184 g/mol. The fourth-order valence-corrected chi connectivity index (χ4v) is 1.85. The molecule has 0 aliphatic carbocycles. The molecule has 0 aromatic carbocycles. The molecule has 0 aromatic rings. The van der Waals surface area contributed by atoms with E-state index < -0.39 is 5.79 Å². The van der Waals surface area contributed by atoms with Crippen LogP contribution in [0.15, 0.2) is 12.2 Å². The molecule has 2 atom stereocenters. The van der Waals surface area contributed by atoms with Crippen LogP contribution in [-0.2, 0) is 19.0 Å². The number of fused-ring (bicyclic) bond motifs is 1. The third-order valence-electron chi connectivity index (χ3n) is 2.67. The van der Waals surface area contributed by atoms with Gasteiger partial charge in [-0.2, -0.15) is 0 Å². The molecule has 4 heteroatoms. The van der Waals surface area contributed by atoms with E-state index in [-0.39, 0.29) is 18.3 Å². The Hall–Kier alpha value is -0.870. The van der Waals surface area contributed by atoms with Gasteiger partial charge in [0.1, 0.15) is 13.0 Å². The summed E-state index contributed by atoms with van der Waals surface area (Å²) in [6.07, 6.45) is 0.160. The number of carbonyl (C=O) groups excluding carboxylic acids is 1. The molecule has 2 saturated heterocycles. The SMILES string of the molecule is C=C1CO[C@@]2(OC)CC(=O)OC[C@@H]12. The summed E-state index contributed by atoms with van der Waals surface area (Å²) in [5.74, 6) is -1.07. The predicted molar refractivity (Wildman–Crippen MR) is 43.9 cm³/mol. The molecule has 0 spiro atoms. The Kier molecular flexibility index (Phi) is 1.89. The van der Waals surface area contributed by atoms with E-state index in [1.807, 2.05) is 0 Å². The van der Waals surface area contributed by atoms with E-state index in [4.69, 9.17) is 14.2 Å². The molecule has 0 amide bonds. The molecular weight excluding hydrogens is 172 g/mol. The molecule has 0 unspecified atom stereocenters. The standard InChI is InChI=1S/C9H12O4/c1-6-4-13-9(11-2)3-8(10)12-5-7(6)9/h7H,1,3-5H2,2H3/t7-,9-/m0/s1. The number of carbonyl (C=O) groups is 1. The summed E-state index contributed by atoms with van der Waals surface area (Å²) >= 11 is 0. The van der Waals surface area contributed by atoms with E-state index in [1.165, 1.54) is 0 Å². The molecule has 2 rings (SSSR count). The molecule has 0 radical (unpaired) electrons.